The number of morpholine rings is 1. The second-order valence-corrected chi connectivity index (χ2v) is 7.09. The van der Waals surface area contributed by atoms with Crippen molar-refractivity contribution < 1.29 is 9.53 Å². The lowest BCUT2D eigenvalue weighted by Gasteiger charge is -2.26. The average Bonchev–Trinajstić information content (AvgIpc) is 2.54. The second-order valence-electron chi connectivity index (χ2n) is 5.67. The molecule has 4 nitrogen and oxygen atoms in total. The SMILES string of the molecule is Cc1ccc(S[C@H](C)C(=O)NCCCN2CCOCC2)cc1. The van der Waals surface area contributed by atoms with Crippen molar-refractivity contribution in [2.45, 2.75) is 30.4 Å². The molecule has 0 aliphatic carbocycles. The summed E-state index contributed by atoms with van der Waals surface area (Å²) in [5.41, 5.74) is 1.24. The summed E-state index contributed by atoms with van der Waals surface area (Å²) in [7, 11) is 0. The molecule has 1 aliphatic rings. The van der Waals surface area contributed by atoms with E-state index >= 15 is 0 Å². The molecule has 1 N–H and O–H groups in total. The minimum Gasteiger partial charge on any atom is -0.379 e. The molecule has 0 saturated carbocycles. The standard InChI is InChI=1S/C17H26N2O2S/c1-14-4-6-16(7-5-14)22-15(2)17(20)18-8-3-9-19-10-12-21-13-11-19/h4-7,15H,3,8-13H2,1-2H3,(H,18,20)/t15-/m1/s1. The number of thioether (sulfide) groups is 1. The van der Waals surface area contributed by atoms with Gasteiger partial charge in [0.15, 0.2) is 0 Å². The molecule has 1 heterocycles. The number of carbonyl (C=O) groups is 1. The molecular formula is C17H26N2O2S. The fraction of sp³-hybridized carbons (Fsp3) is 0.588. The summed E-state index contributed by atoms with van der Waals surface area (Å²) in [6.07, 6.45) is 0.994. The van der Waals surface area contributed by atoms with E-state index < -0.39 is 0 Å². The first-order valence-corrected chi connectivity index (χ1v) is 8.84. The molecule has 1 amide bonds. The molecule has 1 aromatic carbocycles. The summed E-state index contributed by atoms with van der Waals surface area (Å²) in [5.74, 6) is 0.118. The first-order chi connectivity index (χ1) is 10.6. The molecule has 122 valence electrons. The van der Waals surface area contributed by atoms with Crippen LogP contribution in [-0.4, -0.2) is 55.4 Å². The van der Waals surface area contributed by atoms with E-state index in [0.717, 1.165) is 50.7 Å². The van der Waals surface area contributed by atoms with Gasteiger partial charge in [0.2, 0.25) is 5.91 Å². The maximum absolute atomic E-state index is 12.1. The number of nitrogens with one attached hydrogen (secondary N) is 1. The molecule has 1 aliphatic heterocycles. The van der Waals surface area contributed by atoms with E-state index in [-0.39, 0.29) is 11.2 Å². The Balaban J connectivity index is 1.62. The maximum Gasteiger partial charge on any atom is 0.233 e. The highest BCUT2D eigenvalue weighted by atomic mass is 32.2. The molecule has 2 rings (SSSR count). The van der Waals surface area contributed by atoms with Crippen LogP contribution in [0.5, 0.6) is 0 Å². The molecule has 1 saturated heterocycles. The van der Waals surface area contributed by atoms with Crippen molar-refractivity contribution in [3.05, 3.63) is 29.8 Å². The van der Waals surface area contributed by atoms with Crippen LogP contribution in [0.3, 0.4) is 0 Å². The Labute approximate surface area is 137 Å². The van der Waals surface area contributed by atoms with Gasteiger partial charge in [0, 0.05) is 24.5 Å². The maximum atomic E-state index is 12.1. The molecular weight excluding hydrogens is 296 g/mol. The van der Waals surface area contributed by atoms with Gasteiger partial charge in [-0.15, -0.1) is 11.8 Å². The first-order valence-electron chi connectivity index (χ1n) is 7.96. The van der Waals surface area contributed by atoms with Crippen LogP contribution in [-0.2, 0) is 9.53 Å². The fourth-order valence-corrected chi connectivity index (χ4v) is 3.25. The first kappa shape index (κ1) is 17.3. The lowest BCUT2D eigenvalue weighted by Crippen LogP contribution is -2.38. The monoisotopic (exact) mass is 322 g/mol. The number of hydrogen-bond acceptors (Lipinski definition) is 4. The van der Waals surface area contributed by atoms with Crippen LogP contribution in [0.15, 0.2) is 29.2 Å². The van der Waals surface area contributed by atoms with Gasteiger partial charge in [-0.2, -0.15) is 0 Å². The number of rotatable bonds is 7. The van der Waals surface area contributed by atoms with Crippen molar-refractivity contribution in [3.8, 4) is 0 Å². The Bertz CT molecular complexity index is 458. The molecule has 1 aromatic rings. The fourth-order valence-electron chi connectivity index (χ4n) is 2.36. The zero-order valence-corrected chi connectivity index (χ0v) is 14.3. The summed E-state index contributed by atoms with van der Waals surface area (Å²) in [6, 6.07) is 8.30. The molecule has 0 spiro atoms. The Morgan fingerprint density at radius 3 is 2.68 bits per heavy atom. The quantitative estimate of drug-likeness (QED) is 0.618. The highest BCUT2D eigenvalue weighted by Gasteiger charge is 2.14. The molecule has 1 atom stereocenters. The Hall–Kier alpha value is -1.04. The van der Waals surface area contributed by atoms with Gasteiger partial charge >= 0.3 is 0 Å². The number of carbonyl (C=O) groups excluding carboxylic acids is 1. The van der Waals surface area contributed by atoms with Crippen molar-refractivity contribution in [2.75, 3.05) is 39.4 Å². The third-order valence-electron chi connectivity index (χ3n) is 3.76. The van der Waals surface area contributed by atoms with E-state index in [1.54, 1.807) is 11.8 Å². The van der Waals surface area contributed by atoms with Crippen LogP contribution < -0.4 is 5.32 Å². The predicted molar refractivity (Wildman–Crippen MR) is 91.4 cm³/mol. The molecule has 5 heteroatoms. The summed E-state index contributed by atoms with van der Waals surface area (Å²) in [6.45, 7) is 9.48. The molecule has 0 radical (unpaired) electrons. The van der Waals surface area contributed by atoms with E-state index in [2.05, 4.69) is 41.4 Å². The normalized spacial score (nSPS) is 17.2. The highest BCUT2D eigenvalue weighted by Crippen LogP contribution is 2.23. The van der Waals surface area contributed by atoms with Gasteiger partial charge in [-0.3, -0.25) is 9.69 Å². The smallest absolute Gasteiger partial charge is 0.233 e. The van der Waals surface area contributed by atoms with E-state index in [1.165, 1.54) is 5.56 Å². The van der Waals surface area contributed by atoms with E-state index in [0.29, 0.717) is 0 Å². The number of aryl methyl sites for hydroxylation is 1. The molecule has 1 fully saturated rings. The zero-order chi connectivity index (χ0) is 15.8. The predicted octanol–water partition coefficient (Wildman–Crippen LogP) is 2.31. The van der Waals surface area contributed by atoms with Gasteiger partial charge in [-0.25, -0.2) is 0 Å². The van der Waals surface area contributed by atoms with Crippen LogP contribution in [0.4, 0.5) is 0 Å². The van der Waals surface area contributed by atoms with Crippen molar-refractivity contribution in [1.82, 2.24) is 10.2 Å². The van der Waals surface area contributed by atoms with Gasteiger partial charge in [-0.1, -0.05) is 17.7 Å². The lowest BCUT2D eigenvalue weighted by atomic mass is 10.2. The largest absolute Gasteiger partial charge is 0.379 e. The molecule has 0 bridgehead atoms. The highest BCUT2D eigenvalue weighted by molar-refractivity contribution is 8.00. The van der Waals surface area contributed by atoms with Crippen LogP contribution in [0, 0.1) is 6.92 Å². The van der Waals surface area contributed by atoms with E-state index in [1.807, 2.05) is 6.92 Å². The van der Waals surface area contributed by atoms with Gasteiger partial charge in [0.1, 0.15) is 0 Å². The minimum atomic E-state index is -0.0638. The summed E-state index contributed by atoms with van der Waals surface area (Å²) < 4.78 is 5.33. The van der Waals surface area contributed by atoms with Gasteiger partial charge in [-0.05, 0) is 38.9 Å². The number of amides is 1. The Kier molecular flexibility index (Phi) is 7.22. The molecule has 22 heavy (non-hydrogen) atoms. The number of ether oxygens (including phenoxy) is 1. The topological polar surface area (TPSA) is 41.6 Å². The van der Waals surface area contributed by atoms with Crippen molar-refractivity contribution in [2.24, 2.45) is 0 Å². The summed E-state index contributed by atoms with van der Waals surface area (Å²) >= 11 is 1.61. The summed E-state index contributed by atoms with van der Waals surface area (Å²) in [5, 5.41) is 2.97. The van der Waals surface area contributed by atoms with Crippen LogP contribution >= 0.6 is 11.8 Å². The van der Waals surface area contributed by atoms with Gasteiger partial charge < -0.3 is 10.1 Å². The van der Waals surface area contributed by atoms with Crippen molar-refractivity contribution in [3.63, 3.8) is 0 Å². The third-order valence-corrected chi connectivity index (χ3v) is 4.87. The zero-order valence-electron chi connectivity index (χ0n) is 13.5. The average molecular weight is 322 g/mol. The van der Waals surface area contributed by atoms with E-state index in [9.17, 15) is 4.79 Å². The third kappa shape index (κ3) is 5.99. The number of benzene rings is 1. The van der Waals surface area contributed by atoms with Crippen molar-refractivity contribution in [1.29, 1.82) is 0 Å². The molecule has 0 unspecified atom stereocenters. The minimum absolute atomic E-state index is 0.0638. The Morgan fingerprint density at radius 1 is 1.32 bits per heavy atom. The lowest BCUT2D eigenvalue weighted by molar-refractivity contribution is -0.120. The Morgan fingerprint density at radius 2 is 2.00 bits per heavy atom. The summed E-state index contributed by atoms with van der Waals surface area (Å²) in [4.78, 5) is 15.6. The van der Waals surface area contributed by atoms with Crippen LogP contribution in [0.1, 0.15) is 18.9 Å². The van der Waals surface area contributed by atoms with Crippen LogP contribution in [0.25, 0.3) is 0 Å². The van der Waals surface area contributed by atoms with Crippen LogP contribution in [0.2, 0.25) is 0 Å². The molecule has 0 aromatic heterocycles. The number of hydrogen-bond donors (Lipinski definition) is 1. The van der Waals surface area contributed by atoms with E-state index in [4.69, 9.17) is 4.74 Å². The van der Waals surface area contributed by atoms with Gasteiger partial charge in [0.05, 0.1) is 18.5 Å². The van der Waals surface area contributed by atoms with Crippen molar-refractivity contribution >= 4 is 17.7 Å². The second kappa shape index (κ2) is 9.18. The van der Waals surface area contributed by atoms with Gasteiger partial charge in [0.25, 0.3) is 0 Å². The number of nitrogens with zero attached hydrogens (tertiary/aromatic N) is 1.